The van der Waals surface area contributed by atoms with Crippen LogP contribution in [0.25, 0.3) is 110 Å². The third-order valence-electron chi connectivity index (χ3n) is 12.0. The summed E-state index contributed by atoms with van der Waals surface area (Å²) < 4.78 is 19.3. The second-order valence-electron chi connectivity index (χ2n) is 15.5. The maximum Gasteiger partial charge on any atom is 0.227 e. The molecule has 0 bridgehead atoms. The first kappa shape index (κ1) is 32.9. The summed E-state index contributed by atoms with van der Waals surface area (Å²) in [5.41, 5.74) is 11.2. The van der Waals surface area contributed by atoms with E-state index in [1.54, 1.807) is 0 Å². The van der Waals surface area contributed by atoms with Gasteiger partial charge in [-0.2, -0.15) is 0 Å². The minimum atomic E-state index is 0.610. The number of benzene rings is 10. The van der Waals surface area contributed by atoms with Gasteiger partial charge in [-0.3, -0.25) is 0 Å². The van der Waals surface area contributed by atoms with Crippen molar-refractivity contribution in [2.45, 2.75) is 0 Å². The summed E-state index contributed by atoms with van der Waals surface area (Å²) in [4.78, 5) is 7.45. The van der Waals surface area contributed by atoms with Crippen LogP contribution < -0.4 is 4.90 Å². The lowest BCUT2D eigenvalue weighted by atomic mass is 9.94. The van der Waals surface area contributed by atoms with Gasteiger partial charge >= 0.3 is 0 Å². The molecule has 0 aliphatic rings. The zero-order valence-corrected chi connectivity index (χ0v) is 32.1. The Morgan fingerprint density at radius 1 is 0.350 bits per heavy atom. The van der Waals surface area contributed by atoms with Crippen molar-refractivity contribution in [1.82, 2.24) is 4.98 Å². The fourth-order valence-electron chi connectivity index (χ4n) is 9.19. The Labute approximate surface area is 342 Å². The maximum atomic E-state index is 6.60. The second kappa shape index (κ2) is 12.7. The maximum absolute atomic E-state index is 6.60. The highest BCUT2D eigenvalue weighted by molar-refractivity contribution is 6.13. The van der Waals surface area contributed by atoms with E-state index in [1.807, 2.05) is 24.3 Å². The smallest absolute Gasteiger partial charge is 0.227 e. The second-order valence-corrected chi connectivity index (χ2v) is 15.5. The SMILES string of the molecule is c1ccc2cc(-c3nc4cc(-c5ccc6cccc(N(c7ccc8c(c7)oc7ccccc78)c7ccc8oc9ccccc9c8c7)c6c5)c5ccccc5c4o3)ccc2c1. The molecule has 3 heterocycles. The first-order chi connectivity index (χ1) is 29.7. The van der Waals surface area contributed by atoms with Crippen LogP contribution in [0.2, 0.25) is 0 Å². The van der Waals surface area contributed by atoms with E-state index in [0.717, 1.165) is 116 Å². The molecule has 60 heavy (non-hydrogen) atoms. The molecule has 5 nitrogen and oxygen atoms in total. The highest BCUT2D eigenvalue weighted by atomic mass is 16.3. The lowest BCUT2D eigenvalue weighted by Gasteiger charge is -2.27. The average molecular weight is 769 g/mol. The van der Waals surface area contributed by atoms with Gasteiger partial charge in [-0.1, -0.05) is 115 Å². The number of fused-ring (bicyclic) bond motifs is 11. The molecule has 0 aliphatic heterocycles. The van der Waals surface area contributed by atoms with E-state index in [1.165, 1.54) is 5.39 Å². The first-order valence-corrected chi connectivity index (χ1v) is 20.2. The third-order valence-corrected chi connectivity index (χ3v) is 12.0. The molecule has 0 amide bonds. The molecule has 0 saturated carbocycles. The molecule has 0 fully saturated rings. The normalized spacial score (nSPS) is 12.0. The van der Waals surface area contributed by atoms with Crippen LogP contribution in [0.5, 0.6) is 0 Å². The zero-order chi connectivity index (χ0) is 39.3. The Morgan fingerprint density at radius 3 is 1.85 bits per heavy atom. The van der Waals surface area contributed by atoms with E-state index in [2.05, 4.69) is 175 Å². The van der Waals surface area contributed by atoms with E-state index in [0.29, 0.717) is 5.89 Å². The number of hydrogen-bond donors (Lipinski definition) is 0. The molecule has 280 valence electrons. The van der Waals surface area contributed by atoms with E-state index in [-0.39, 0.29) is 0 Å². The molecule has 0 aliphatic carbocycles. The summed E-state index contributed by atoms with van der Waals surface area (Å²) >= 11 is 0. The lowest BCUT2D eigenvalue weighted by molar-refractivity contribution is 0.623. The predicted octanol–water partition coefficient (Wildman–Crippen LogP) is 15.9. The number of hydrogen-bond acceptors (Lipinski definition) is 5. The monoisotopic (exact) mass is 768 g/mol. The summed E-state index contributed by atoms with van der Waals surface area (Å²) in [6.45, 7) is 0. The number of nitrogens with zero attached hydrogens (tertiary/aromatic N) is 2. The van der Waals surface area contributed by atoms with E-state index < -0.39 is 0 Å². The van der Waals surface area contributed by atoms with Gasteiger partial charge in [0, 0.05) is 55.3 Å². The highest BCUT2D eigenvalue weighted by Crippen LogP contribution is 2.45. The minimum Gasteiger partial charge on any atom is -0.456 e. The van der Waals surface area contributed by atoms with Crippen molar-refractivity contribution in [3.05, 3.63) is 194 Å². The molecule has 13 aromatic rings. The molecule has 0 unspecified atom stereocenters. The molecule has 0 radical (unpaired) electrons. The standard InChI is InChI=1S/C55H32N2O3/c1-2-11-35-28-37(23-20-33(35)10-1)55-56-48-32-45(40-13-3-4-16-44(40)54(48)60-55)36-22-21-34-12-9-17-49(46(34)29-36)57(38-25-27-52-47(30-38)42-15-6-8-19-51(42)58-52)39-24-26-43-41-14-5-7-18-50(41)59-53(43)31-39/h1-32H. The number of aromatic nitrogens is 1. The average Bonchev–Trinajstić information content (AvgIpc) is 4.02. The van der Waals surface area contributed by atoms with Gasteiger partial charge in [0.25, 0.3) is 0 Å². The van der Waals surface area contributed by atoms with Crippen molar-refractivity contribution >= 4 is 104 Å². The first-order valence-electron chi connectivity index (χ1n) is 20.2. The van der Waals surface area contributed by atoms with Gasteiger partial charge in [0.05, 0.1) is 5.69 Å². The largest absolute Gasteiger partial charge is 0.456 e. The van der Waals surface area contributed by atoms with Crippen molar-refractivity contribution < 1.29 is 13.3 Å². The van der Waals surface area contributed by atoms with Crippen LogP contribution in [-0.2, 0) is 0 Å². The molecule has 5 heteroatoms. The van der Waals surface area contributed by atoms with Gasteiger partial charge in [-0.05, 0) is 105 Å². The highest BCUT2D eigenvalue weighted by Gasteiger charge is 2.21. The van der Waals surface area contributed by atoms with Crippen LogP contribution in [0, 0.1) is 0 Å². The van der Waals surface area contributed by atoms with Crippen LogP contribution in [0.15, 0.2) is 207 Å². The number of furan rings is 2. The van der Waals surface area contributed by atoms with Gasteiger partial charge in [0.2, 0.25) is 5.89 Å². The van der Waals surface area contributed by atoms with Crippen LogP contribution in [0.4, 0.5) is 17.1 Å². The molecule has 0 spiro atoms. The predicted molar refractivity (Wildman–Crippen MR) is 247 cm³/mol. The number of rotatable bonds is 5. The summed E-state index contributed by atoms with van der Waals surface area (Å²) in [6.07, 6.45) is 0. The topological polar surface area (TPSA) is 55.6 Å². The zero-order valence-electron chi connectivity index (χ0n) is 32.1. The van der Waals surface area contributed by atoms with Crippen molar-refractivity contribution in [2.75, 3.05) is 4.90 Å². The molecule has 13 rings (SSSR count). The summed E-state index contributed by atoms with van der Waals surface area (Å²) in [6, 6.07) is 68.2. The molecule has 0 N–H and O–H groups in total. The van der Waals surface area contributed by atoms with Gasteiger partial charge in [0.1, 0.15) is 27.8 Å². The molecule has 3 aromatic heterocycles. The Morgan fingerprint density at radius 2 is 0.983 bits per heavy atom. The van der Waals surface area contributed by atoms with Crippen molar-refractivity contribution in [3.63, 3.8) is 0 Å². The molecular formula is C55H32N2O3. The van der Waals surface area contributed by atoms with Crippen LogP contribution in [-0.4, -0.2) is 4.98 Å². The van der Waals surface area contributed by atoms with Crippen LogP contribution in [0.3, 0.4) is 0 Å². The number of anilines is 3. The Kier molecular flexibility index (Phi) is 6.95. The van der Waals surface area contributed by atoms with Gasteiger partial charge in [-0.25, -0.2) is 4.98 Å². The van der Waals surface area contributed by atoms with Crippen molar-refractivity contribution in [3.8, 4) is 22.6 Å². The van der Waals surface area contributed by atoms with Gasteiger partial charge in [-0.15, -0.1) is 0 Å². The number of oxazole rings is 1. The van der Waals surface area contributed by atoms with Crippen LogP contribution in [0.1, 0.15) is 0 Å². The van der Waals surface area contributed by atoms with Crippen molar-refractivity contribution in [1.29, 1.82) is 0 Å². The van der Waals surface area contributed by atoms with E-state index in [4.69, 9.17) is 18.2 Å². The van der Waals surface area contributed by atoms with Gasteiger partial charge < -0.3 is 18.2 Å². The molecular weight excluding hydrogens is 737 g/mol. The molecule has 0 saturated heterocycles. The minimum absolute atomic E-state index is 0.610. The third kappa shape index (κ3) is 5.03. The molecule has 10 aromatic carbocycles. The summed E-state index contributed by atoms with van der Waals surface area (Å²) in [5, 5.41) is 11.0. The lowest BCUT2D eigenvalue weighted by Crippen LogP contribution is -2.10. The summed E-state index contributed by atoms with van der Waals surface area (Å²) in [7, 11) is 0. The Bertz CT molecular complexity index is 3870. The molecule has 0 atom stereocenters. The van der Waals surface area contributed by atoms with E-state index in [9.17, 15) is 0 Å². The fourth-order valence-corrected chi connectivity index (χ4v) is 9.19. The quantitative estimate of drug-likeness (QED) is 0.175. The van der Waals surface area contributed by atoms with Gasteiger partial charge in [0.15, 0.2) is 5.58 Å². The van der Waals surface area contributed by atoms with E-state index >= 15 is 0 Å². The Hall–Kier alpha value is -8.15. The summed E-state index contributed by atoms with van der Waals surface area (Å²) in [5.74, 6) is 0.610. The Balaban J connectivity index is 1.02. The van der Waals surface area contributed by atoms with Crippen molar-refractivity contribution in [2.24, 2.45) is 0 Å². The fraction of sp³-hybridized carbons (Fsp3) is 0. The number of para-hydroxylation sites is 2. The van der Waals surface area contributed by atoms with Crippen LogP contribution >= 0.6 is 0 Å².